The minimum atomic E-state index is 0.378. The first kappa shape index (κ1) is 13.9. The predicted molar refractivity (Wildman–Crippen MR) is 91.8 cm³/mol. The Hall–Kier alpha value is -2.07. The minimum Gasteiger partial charge on any atom is -0.396 e. The van der Waals surface area contributed by atoms with Gasteiger partial charge in [0.2, 0.25) is 0 Å². The Labute approximate surface area is 129 Å². The number of rotatable bonds is 4. The maximum absolute atomic E-state index is 6.41. The molecule has 0 aliphatic heterocycles. The third-order valence-corrected chi connectivity index (χ3v) is 4.50. The van der Waals surface area contributed by atoms with Crippen LogP contribution in [0.4, 0.5) is 11.4 Å². The highest BCUT2D eigenvalue weighted by molar-refractivity contribution is 7.09. The number of pyridine rings is 1. The van der Waals surface area contributed by atoms with Crippen molar-refractivity contribution < 1.29 is 0 Å². The molecule has 2 aromatic heterocycles. The average Bonchev–Trinajstić information content (AvgIpc) is 2.99. The molecule has 0 bridgehead atoms. The van der Waals surface area contributed by atoms with Crippen molar-refractivity contribution in [1.82, 2.24) is 4.98 Å². The van der Waals surface area contributed by atoms with Crippen molar-refractivity contribution in [2.24, 2.45) is 0 Å². The molecule has 0 spiro atoms. The molecule has 0 aliphatic rings. The Morgan fingerprint density at radius 2 is 2.05 bits per heavy atom. The van der Waals surface area contributed by atoms with Crippen LogP contribution >= 0.6 is 11.3 Å². The summed E-state index contributed by atoms with van der Waals surface area (Å²) in [4.78, 5) is 8.05. The largest absolute Gasteiger partial charge is 0.396 e. The number of fused-ring (bicyclic) bond motifs is 1. The van der Waals surface area contributed by atoms with Crippen LogP contribution < -0.4 is 10.6 Å². The Bertz CT molecular complexity index is 735. The van der Waals surface area contributed by atoms with Crippen molar-refractivity contribution in [2.75, 3.05) is 10.6 Å². The highest BCUT2D eigenvalue weighted by Crippen LogP contribution is 2.33. The lowest BCUT2D eigenvalue weighted by Crippen LogP contribution is -2.30. The summed E-state index contributed by atoms with van der Waals surface area (Å²) in [5, 5.41) is 3.13. The predicted octanol–water partition coefficient (Wildman–Crippen LogP) is 4.29. The molecular formula is C17H19N3S. The van der Waals surface area contributed by atoms with Crippen LogP contribution in [-0.2, 0) is 6.54 Å². The number of hydrogen-bond acceptors (Lipinski definition) is 4. The van der Waals surface area contributed by atoms with E-state index in [0.29, 0.717) is 6.04 Å². The molecule has 3 nitrogen and oxygen atoms in total. The van der Waals surface area contributed by atoms with Crippen molar-refractivity contribution in [3.8, 4) is 0 Å². The van der Waals surface area contributed by atoms with E-state index in [2.05, 4.69) is 47.3 Å². The van der Waals surface area contributed by atoms with Gasteiger partial charge in [0.1, 0.15) is 0 Å². The zero-order chi connectivity index (χ0) is 14.8. The molecule has 0 saturated carbocycles. The van der Waals surface area contributed by atoms with E-state index in [1.165, 1.54) is 4.88 Å². The van der Waals surface area contributed by atoms with E-state index in [1.807, 2.05) is 18.2 Å². The molecule has 0 saturated heterocycles. The molecule has 3 aromatic rings. The van der Waals surface area contributed by atoms with Gasteiger partial charge in [0.25, 0.3) is 0 Å². The lowest BCUT2D eigenvalue weighted by atomic mass is 10.1. The van der Waals surface area contributed by atoms with Gasteiger partial charge in [0, 0.05) is 22.5 Å². The summed E-state index contributed by atoms with van der Waals surface area (Å²) in [6.07, 6.45) is 1.80. The van der Waals surface area contributed by atoms with Gasteiger partial charge in [0.15, 0.2) is 0 Å². The molecule has 1 aromatic carbocycles. The summed E-state index contributed by atoms with van der Waals surface area (Å²) in [5.74, 6) is 0. The van der Waals surface area contributed by atoms with Gasteiger partial charge in [-0.15, -0.1) is 11.3 Å². The van der Waals surface area contributed by atoms with Gasteiger partial charge >= 0.3 is 0 Å². The van der Waals surface area contributed by atoms with Crippen LogP contribution in [0.3, 0.4) is 0 Å². The quantitative estimate of drug-likeness (QED) is 0.730. The molecule has 0 fully saturated rings. The lowest BCUT2D eigenvalue weighted by molar-refractivity contribution is 0.688. The summed E-state index contributed by atoms with van der Waals surface area (Å²) in [7, 11) is 0. The Balaban J connectivity index is 2.05. The summed E-state index contributed by atoms with van der Waals surface area (Å²) in [6, 6.07) is 12.7. The number of nitrogens with two attached hydrogens (primary N) is 1. The van der Waals surface area contributed by atoms with Crippen LogP contribution in [0.2, 0.25) is 0 Å². The van der Waals surface area contributed by atoms with Crippen molar-refractivity contribution in [3.05, 3.63) is 52.9 Å². The monoisotopic (exact) mass is 297 g/mol. The third-order valence-electron chi connectivity index (χ3n) is 3.64. The third kappa shape index (κ3) is 2.72. The second-order valence-corrected chi connectivity index (χ2v) is 6.40. The molecule has 4 heteroatoms. The number of nitrogens with zero attached hydrogens (tertiary/aromatic N) is 2. The summed E-state index contributed by atoms with van der Waals surface area (Å²) in [5.41, 5.74) is 9.24. The van der Waals surface area contributed by atoms with Crippen LogP contribution in [-0.4, -0.2) is 11.0 Å². The van der Waals surface area contributed by atoms with Crippen LogP contribution in [0, 0.1) is 0 Å². The van der Waals surface area contributed by atoms with Crippen LogP contribution in [0.15, 0.2) is 48.0 Å². The zero-order valence-electron chi connectivity index (χ0n) is 12.3. The van der Waals surface area contributed by atoms with Gasteiger partial charge in [0.05, 0.1) is 23.4 Å². The highest BCUT2D eigenvalue weighted by Gasteiger charge is 2.16. The van der Waals surface area contributed by atoms with E-state index in [-0.39, 0.29) is 0 Å². The number of aromatic nitrogens is 1. The normalized spacial score (nSPS) is 11.2. The van der Waals surface area contributed by atoms with E-state index >= 15 is 0 Å². The van der Waals surface area contributed by atoms with Crippen molar-refractivity contribution in [3.63, 3.8) is 0 Å². The van der Waals surface area contributed by atoms with Gasteiger partial charge < -0.3 is 10.6 Å². The van der Waals surface area contributed by atoms with Crippen LogP contribution in [0.25, 0.3) is 10.9 Å². The second-order valence-electron chi connectivity index (χ2n) is 5.37. The van der Waals surface area contributed by atoms with Crippen molar-refractivity contribution in [1.29, 1.82) is 0 Å². The number of benzene rings is 1. The lowest BCUT2D eigenvalue weighted by Gasteiger charge is -2.30. The van der Waals surface area contributed by atoms with E-state index in [1.54, 1.807) is 17.5 Å². The molecule has 2 heterocycles. The van der Waals surface area contributed by atoms with Crippen LogP contribution in [0.5, 0.6) is 0 Å². The van der Waals surface area contributed by atoms with Crippen LogP contribution in [0.1, 0.15) is 18.7 Å². The molecule has 0 atom stereocenters. The Morgan fingerprint density at radius 1 is 1.19 bits per heavy atom. The molecule has 108 valence electrons. The fraction of sp³-hybridized carbons (Fsp3) is 0.235. The minimum absolute atomic E-state index is 0.378. The number of hydrogen-bond donors (Lipinski definition) is 1. The first-order chi connectivity index (χ1) is 10.2. The molecule has 0 amide bonds. The standard InChI is InChI=1S/C17H19N3S/c1-12(2)20(11-13-5-4-10-21-13)16-8-7-15-14(17(16)18)6-3-9-19-15/h3-10,12H,11,18H2,1-2H3. The van der Waals surface area contributed by atoms with Gasteiger partial charge in [-0.25, -0.2) is 0 Å². The topological polar surface area (TPSA) is 42.2 Å². The fourth-order valence-corrected chi connectivity index (χ4v) is 3.23. The summed E-state index contributed by atoms with van der Waals surface area (Å²) < 4.78 is 0. The molecule has 0 radical (unpaired) electrons. The molecule has 3 rings (SSSR count). The number of thiophene rings is 1. The SMILES string of the molecule is CC(C)N(Cc1cccs1)c1ccc2ncccc2c1N. The van der Waals surface area contributed by atoms with E-state index in [9.17, 15) is 0 Å². The first-order valence-corrected chi connectivity index (χ1v) is 7.97. The van der Waals surface area contributed by atoms with Crippen molar-refractivity contribution >= 4 is 33.6 Å². The summed E-state index contributed by atoms with van der Waals surface area (Å²) in [6.45, 7) is 5.27. The zero-order valence-corrected chi connectivity index (χ0v) is 13.1. The van der Waals surface area contributed by atoms with Gasteiger partial charge in [-0.05, 0) is 49.6 Å². The Morgan fingerprint density at radius 3 is 2.76 bits per heavy atom. The number of anilines is 2. The van der Waals surface area contributed by atoms with E-state index in [4.69, 9.17) is 5.73 Å². The maximum Gasteiger partial charge on any atom is 0.0724 e. The van der Waals surface area contributed by atoms with Gasteiger partial charge in [-0.3, -0.25) is 4.98 Å². The second kappa shape index (κ2) is 5.74. The van der Waals surface area contributed by atoms with E-state index < -0.39 is 0 Å². The number of nitrogen functional groups attached to an aromatic ring is 1. The van der Waals surface area contributed by atoms with Gasteiger partial charge in [-0.2, -0.15) is 0 Å². The first-order valence-electron chi connectivity index (χ1n) is 7.09. The Kier molecular flexibility index (Phi) is 3.80. The summed E-state index contributed by atoms with van der Waals surface area (Å²) >= 11 is 1.78. The maximum atomic E-state index is 6.41. The highest BCUT2D eigenvalue weighted by atomic mass is 32.1. The van der Waals surface area contributed by atoms with Gasteiger partial charge in [-0.1, -0.05) is 6.07 Å². The smallest absolute Gasteiger partial charge is 0.0724 e. The molecule has 0 aliphatic carbocycles. The van der Waals surface area contributed by atoms with Crippen molar-refractivity contribution in [2.45, 2.75) is 26.4 Å². The molecular weight excluding hydrogens is 278 g/mol. The molecule has 0 unspecified atom stereocenters. The average molecular weight is 297 g/mol. The van der Waals surface area contributed by atoms with E-state index in [0.717, 1.165) is 28.8 Å². The molecule has 21 heavy (non-hydrogen) atoms. The fourth-order valence-electron chi connectivity index (χ4n) is 2.53. The molecule has 2 N–H and O–H groups in total.